The van der Waals surface area contributed by atoms with Crippen molar-refractivity contribution < 1.29 is 14.3 Å². The number of carbonyl (C=O) groups excluding carboxylic acids is 2. The third-order valence-electron chi connectivity index (χ3n) is 4.70. The van der Waals surface area contributed by atoms with Crippen LogP contribution in [0.4, 0.5) is 5.82 Å². The Balaban J connectivity index is 1.77. The molecule has 0 saturated carbocycles. The molecule has 0 spiro atoms. The molecule has 1 aromatic heterocycles. The van der Waals surface area contributed by atoms with Crippen molar-refractivity contribution >= 4 is 46.0 Å². The smallest absolute Gasteiger partial charge is 0.245 e. The second kappa shape index (κ2) is 8.56. The molecule has 0 fully saturated rings. The Kier molecular flexibility index (Phi) is 5.84. The fourth-order valence-electron chi connectivity index (χ4n) is 3.21. The van der Waals surface area contributed by atoms with Crippen molar-refractivity contribution in [3.63, 3.8) is 0 Å². The van der Waals surface area contributed by atoms with E-state index < -0.39 is 0 Å². The molecule has 0 unspecified atom stereocenters. The lowest BCUT2D eigenvalue weighted by molar-refractivity contribution is -0.116. The molecule has 1 aliphatic heterocycles. The monoisotopic (exact) mass is 454 g/mol. The Hall–Kier alpha value is -3.10. The van der Waals surface area contributed by atoms with Crippen molar-refractivity contribution in [3.8, 4) is 5.75 Å². The molecular formula is C22H19ClN4O3S. The Morgan fingerprint density at radius 2 is 1.71 bits per heavy atom. The van der Waals surface area contributed by atoms with Crippen molar-refractivity contribution in [1.29, 1.82) is 0 Å². The lowest BCUT2D eigenvalue weighted by Crippen LogP contribution is -2.28. The Bertz CT molecular complexity index is 1190. The summed E-state index contributed by atoms with van der Waals surface area (Å²) in [7, 11) is 1.61. The summed E-state index contributed by atoms with van der Waals surface area (Å²) in [5, 5.41) is 7.47. The first-order valence-electron chi connectivity index (χ1n) is 9.46. The third-order valence-corrected chi connectivity index (χ3v) is 6.02. The SMILES string of the molecule is COc1ccc(Cc2nc3c(n2C(C)=O)SC(c2ccc(Cl)cc2)=NN3C(C)=O)cc1. The van der Waals surface area contributed by atoms with Gasteiger partial charge < -0.3 is 4.74 Å². The summed E-state index contributed by atoms with van der Waals surface area (Å²) in [5.74, 6) is 1.16. The first-order valence-corrected chi connectivity index (χ1v) is 10.7. The largest absolute Gasteiger partial charge is 0.497 e. The van der Waals surface area contributed by atoms with E-state index in [2.05, 4.69) is 10.1 Å². The van der Waals surface area contributed by atoms with Crippen LogP contribution in [0.1, 0.15) is 35.6 Å². The third kappa shape index (κ3) is 4.22. The molecule has 7 nitrogen and oxygen atoms in total. The van der Waals surface area contributed by atoms with Gasteiger partial charge in [0.15, 0.2) is 5.82 Å². The Morgan fingerprint density at radius 1 is 1.03 bits per heavy atom. The van der Waals surface area contributed by atoms with E-state index in [0.29, 0.717) is 33.2 Å². The molecule has 0 radical (unpaired) electrons. The number of halogens is 1. The molecular weight excluding hydrogens is 436 g/mol. The maximum Gasteiger partial charge on any atom is 0.245 e. The molecule has 4 rings (SSSR count). The lowest BCUT2D eigenvalue weighted by Gasteiger charge is -2.21. The molecule has 3 aromatic rings. The van der Waals surface area contributed by atoms with Gasteiger partial charge in [0.1, 0.15) is 21.6 Å². The van der Waals surface area contributed by atoms with E-state index in [1.54, 1.807) is 23.8 Å². The van der Waals surface area contributed by atoms with E-state index >= 15 is 0 Å². The number of hydrazone groups is 1. The van der Waals surface area contributed by atoms with Gasteiger partial charge in [-0.3, -0.25) is 14.2 Å². The summed E-state index contributed by atoms with van der Waals surface area (Å²) in [6.07, 6.45) is 0.416. The molecule has 158 valence electrons. The number of fused-ring (bicyclic) bond motifs is 1. The zero-order chi connectivity index (χ0) is 22.1. The minimum absolute atomic E-state index is 0.189. The van der Waals surface area contributed by atoms with Gasteiger partial charge in [-0.25, -0.2) is 4.98 Å². The Morgan fingerprint density at radius 3 is 2.29 bits per heavy atom. The molecule has 2 aromatic carbocycles. The number of hydrogen-bond acceptors (Lipinski definition) is 6. The van der Waals surface area contributed by atoms with Crippen molar-refractivity contribution in [2.24, 2.45) is 5.10 Å². The minimum Gasteiger partial charge on any atom is -0.497 e. The number of hydrogen-bond donors (Lipinski definition) is 0. The van der Waals surface area contributed by atoms with Crippen LogP contribution in [0.15, 0.2) is 58.7 Å². The molecule has 2 heterocycles. The number of thioether (sulfide) groups is 1. The number of amides is 1. The van der Waals surface area contributed by atoms with Crippen LogP contribution >= 0.6 is 23.4 Å². The zero-order valence-electron chi connectivity index (χ0n) is 17.1. The van der Waals surface area contributed by atoms with Crippen LogP contribution in [-0.2, 0) is 11.2 Å². The summed E-state index contributed by atoms with van der Waals surface area (Å²) >= 11 is 7.30. The van der Waals surface area contributed by atoms with E-state index in [1.165, 1.54) is 30.6 Å². The predicted octanol–water partition coefficient (Wildman–Crippen LogP) is 4.62. The number of ether oxygens (including phenoxy) is 1. The van der Waals surface area contributed by atoms with Gasteiger partial charge >= 0.3 is 0 Å². The highest BCUT2D eigenvalue weighted by Gasteiger charge is 2.32. The summed E-state index contributed by atoms with van der Waals surface area (Å²) in [6, 6.07) is 14.7. The summed E-state index contributed by atoms with van der Waals surface area (Å²) < 4.78 is 6.75. The summed E-state index contributed by atoms with van der Waals surface area (Å²) in [6.45, 7) is 2.89. The molecule has 0 atom stereocenters. The topological polar surface area (TPSA) is 76.8 Å². The van der Waals surface area contributed by atoms with Gasteiger partial charge in [-0.2, -0.15) is 10.1 Å². The van der Waals surface area contributed by atoms with Crippen molar-refractivity contribution in [2.75, 3.05) is 12.1 Å². The molecule has 0 N–H and O–H groups in total. The number of carbonyl (C=O) groups is 2. The highest BCUT2D eigenvalue weighted by Crippen LogP contribution is 2.39. The van der Waals surface area contributed by atoms with Gasteiger partial charge in [0, 0.05) is 30.9 Å². The number of rotatable bonds is 4. The normalized spacial score (nSPS) is 12.9. The van der Waals surface area contributed by atoms with E-state index in [4.69, 9.17) is 16.3 Å². The highest BCUT2D eigenvalue weighted by atomic mass is 35.5. The van der Waals surface area contributed by atoms with Crippen molar-refractivity contribution in [1.82, 2.24) is 9.55 Å². The van der Waals surface area contributed by atoms with Gasteiger partial charge in [-0.1, -0.05) is 35.9 Å². The fourth-order valence-corrected chi connectivity index (χ4v) is 4.45. The molecule has 1 amide bonds. The number of benzene rings is 2. The first-order chi connectivity index (χ1) is 14.9. The maximum absolute atomic E-state index is 12.6. The quantitative estimate of drug-likeness (QED) is 0.575. The van der Waals surface area contributed by atoms with Crippen LogP contribution in [0, 0.1) is 0 Å². The van der Waals surface area contributed by atoms with Crippen molar-refractivity contribution in [2.45, 2.75) is 25.3 Å². The maximum atomic E-state index is 12.6. The van der Waals surface area contributed by atoms with Crippen LogP contribution in [-0.4, -0.2) is 33.5 Å². The van der Waals surface area contributed by atoms with E-state index in [-0.39, 0.29) is 11.8 Å². The van der Waals surface area contributed by atoms with Gasteiger partial charge in [0.05, 0.1) is 7.11 Å². The molecule has 0 aliphatic carbocycles. The molecule has 1 aliphatic rings. The van der Waals surface area contributed by atoms with Crippen LogP contribution in [0.3, 0.4) is 0 Å². The predicted molar refractivity (Wildman–Crippen MR) is 121 cm³/mol. The van der Waals surface area contributed by atoms with Crippen LogP contribution in [0.5, 0.6) is 5.75 Å². The number of nitrogens with zero attached hydrogens (tertiary/aromatic N) is 4. The average Bonchev–Trinajstić information content (AvgIpc) is 3.12. The van der Waals surface area contributed by atoms with Gasteiger partial charge in [0.2, 0.25) is 11.8 Å². The number of anilines is 1. The minimum atomic E-state index is -0.294. The summed E-state index contributed by atoms with van der Waals surface area (Å²) in [5.41, 5.74) is 1.75. The molecule has 0 saturated heterocycles. The lowest BCUT2D eigenvalue weighted by atomic mass is 10.1. The zero-order valence-corrected chi connectivity index (χ0v) is 18.7. The van der Waals surface area contributed by atoms with Gasteiger partial charge in [0.25, 0.3) is 0 Å². The van der Waals surface area contributed by atoms with Crippen LogP contribution in [0.25, 0.3) is 0 Å². The van der Waals surface area contributed by atoms with E-state index in [9.17, 15) is 9.59 Å². The van der Waals surface area contributed by atoms with Gasteiger partial charge in [-0.15, -0.1) is 0 Å². The second-order valence-electron chi connectivity index (χ2n) is 6.88. The number of aromatic nitrogens is 2. The second-order valence-corrected chi connectivity index (χ2v) is 8.29. The van der Waals surface area contributed by atoms with Gasteiger partial charge in [-0.05, 0) is 41.6 Å². The molecule has 0 bridgehead atoms. The van der Waals surface area contributed by atoms with E-state index in [1.807, 2.05) is 36.4 Å². The molecule has 9 heteroatoms. The van der Waals surface area contributed by atoms with Crippen LogP contribution in [0.2, 0.25) is 5.02 Å². The summed E-state index contributed by atoms with van der Waals surface area (Å²) in [4.78, 5) is 29.6. The standard InChI is InChI=1S/C22H19ClN4O3S/c1-13(28)26-19(12-15-4-10-18(30-3)11-5-15)24-20-22(26)31-21(25-27(20)14(2)29)16-6-8-17(23)9-7-16/h4-11H,12H2,1-3H3. The highest BCUT2D eigenvalue weighted by molar-refractivity contribution is 8.14. The average molecular weight is 455 g/mol. The van der Waals surface area contributed by atoms with Crippen LogP contribution < -0.4 is 9.75 Å². The number of methoxy groups -OCH3 is 1. The molecule has 31 heavy (non-hydrogen) atoms. The first kappa shape index (κ1) is 21.1. The Labute approximate surface area is 188 Å². The van der Waals surface area contributed by atoms with E-state index in [0.717, 1.165) is 16.9 Å². The van der Waals surface area contributed by atoms with Crippen molar-refractivity contribution in [3.05, 3.63) is 70.5 Å². The number of imidazole rings is 1. The fraction of sp³-hybridized carbons (Fsp3) is 0.182.